The molecule has 1 aromatic rings. The number of fused-ring (bicyclic) bond motifs is 2. The molecule has 68 valence electrons. The van der Waals surface area contributed by atoms with E-state index in [9.17, 15) is 0 Å². The van der Waals surface area contributed by atoms with E-state index < -0.39 is 0 Å². The van der Waals surface area contributed by atoms with Crippen molar-refractivity contribution in [2.45, 2.75) is 18.4 Å². The van der Waals surface area contributed by atoms with E-state index in [0.717, 1.165) is 5.76 Å². The number of hydrogen-bond acceptors (Lipinski definition) is 2. The van der Waals surface area contributed by atoms with Crippen molar-refractivity contribution < 1.29 is 4.42 Å². The van der Waals surface area contributed by atoms with Crippen molar-refractivity contribution in [1.29, 1.82) is 0 Å². The van der Waals surface area contributed by atoms with Gasteiger partial charge < -0.3 is 10.2 Å². The van der Waals surface area contributed by atoms with Crippen molar-refractivity contribution in [3.63, 3.8) is 0 Å². The number of allylic oxidation sites excluding steroid dienone is 1. The molecule has 2 nitrogen and oxygen atoms in total. The van der Waals surface area contributed by atoms with Crippen molar-refractivity contribution in [2.75, 3.05) is 0 Å². The largest absolute Gasteiger partial charge is 0.469 e. The molecule has 2 aliphatic carbocycles. The maximum Gasteiger partial charge on any atom is 0.109 e. The molecular weight excluding hydrogens is 162 g/mol. The fraction of sp³-hybridized carbons (Fsp3) is 0.455. The van der Waals surface area contributed by atoms with Crippen molar-refractivity contribution in [3.05, 3.63) is 36.3 Å². The van der Waals surface area contributed by atoms with Gasteiger partial charge in [0.2, 0.25) is 0 Å². The molecule has 0 saturated heterocycles. The lowest BCUT2D eigenvalue weighted by Crippen LogP contribution is -2.31. The molecule has 1 fully saturated rings. The molecule has 2 aliphatic rings. The molecule has 2 bridgehead atoms. The van der Waals surface area contributed by atoms with E-state index in [1.165, 1.54) is 6.42 Å². The van der Waals surface area contributed by atoms with Crippen LogP contribution in [0.3, 0.4) is 0 Å². The molecule has 4 atom stereocenters. The Morgan fingerprint density at radius 1 is 1.31 bits per heavy atom. The van der Waals surface area contributed by atoms with Crippen LogP contribution in [0.15, 0.2) is 35.0 Å². The first-order chi connectivity index (χ1) is 6.36. The molecule has 0 aliphatic heterocycles. The zero-order chi connectivity index (χ0) is 8.84. The second kappa shape index (κ2) is 2.48. The van der Waals surface area contributed by atoms with Gasteiger partial charge in [0.05, 0.1) is 6.26 Å². The summed E-state index contributed by atoms with van der Waals surface area (Å²) in [6.07, 6.45) is 7.50. The minimum absolute atomic E-state index is 0.265. The Labute approximate surface area is 77.4 Å². The van der Waals surface area contributed by atoms with Crippen molar-refractivity contribution in [2.24, 2.45) is 17.6 Å². The second-order valence-corrected chi connectivity index (χ2v) is 4.07. The average Bonchev–Trinajstić information content (AvgIpc) is 2.76. The third-order valence-electron chi connectivity index (χ3n) is 3.39. The zero-order valence-corrected chi connectivity index (χ0v) is 7.39. The Morgan fingerprint density at radius 3 is 2.77 bits per heavy atom. The lowest BCUT2D eigenvalue weighted by Gasteiger charge is -2.22. The Hall–Kier alpha value is -1.02. The molecule has 0 unspecified atom stereocenters. The standard InChI is InChI=1S/C11H13NO/c12-11-8-4-3-7(6-8)10(11)9-2-1-5-13-9/h1-5,7-8,10-11H,6,12H2/t7-,8+,10-,11+/m1/s1. The molecule has 0 spiro atoms. The van der Waals surface area contributed by atoms with Crippen LogP contribution >= 0.6 is 0 Å². The fourth-order valence-corrected chi connectivity index (χ4v) is 2.74. The predicted molar refractivity (Wildman–Crippen MR) is 50.2 cm³/mol. The number of nitrogens with two attached hydrogens (primary N) is 1. The van der Waals surface area contributed by atoms with Gasteiger partial charge >= 0.3 is 0 Å². The first-order valence-corrected chi connectivity index (χ1v) is 4.83. The Morgan fingerprint density at radius 2 is 2.15 bits per heavy atom. The van der Waals surface area contributed by atoms with Gasteiger partial charge in [-0.15, -0.1) is 0 Å². The number of hydrogen-bond donors (Lipinski definition) is 1. The third-order valence-corrected chi connectivity index (χ3v) is 3.39. The summed E-state index contributed by atoms with van der Waals surface area (Å²) < 4.78 is 5.43. The SMILES string of the molecule is N[C@@H]1[C@@H](c2ccco2)[C@@H]2C=C[C@H]1C2. The summed E-state index contributed by atoms with van der Waals surface area (Å²) in [5.74, 6) is 2.68. The van der Waals surface area contributed by atoms with Gasteiger partial charge in [0.25, 0.3) is 0 Å². The van der Waals surface area contributed by atoms with Gasteiger partial charge in [-0.05, 0) is 30.4 Å². The van der Waals surface area contributed by atoms with E-state index in [4.69, 9.17) is 10.2 Å². The van der Waals surface area contributed by atoms with Crippen LogP contribution in [0.25, 0.3) is 0 Å². The molecule has 1 saturated carbocycles. The molecule has 0 radical (unpaired) electrons. The van der Waals surface area contributed by atoms with Crippen LogP contribution in [0.4, 0.5) is 0 Å². The van der Waals surface area contributed by atoms with Crippen molar-refractivity contribution in [3.8, 4) is 0 Å². The van der Waals surface area contributed by atoms with Crippen LogP contribution in [0.2, 0.25) is 0 Å². The van der Waals surface area contributed by atoms with E-state index in [-0.39, 0.29) is 6.04 Å². The highest BCUT2D eigenvalue weighted by Gasteiger charge is 2.44. The summed E-state index contributed by atoms with van der Waals surface area (Å²) in [7, 11) is 0. The van der Waals surface area contributed by atoms with Crippen LogP contribution in [0, 0.1) is 11.8 Å². The summed E-state index contributed by atoms with van der Waals surface area (Å²) in [6, 6.07) is 4.25. The number of rotatable bonds is 1. The molecule has 2 N–H and O–H groups in total. The second-order valence-electron chi connectivity index (χ2n) is 4.07. The summed E-state index contributed by atoms with van der Waals surface area (Å²) in [5, 5.41) is 0. The first kappa shape index (κ1) is 7.39. The number of furan rings is 1. The third kappa shape index (κ3) is 0.923. The van der Waals surface area contributed by atoms with E-state index in [1.54, 1.807) is 6.26 Å². The van der Waals surface area contributed by atoms with Crippen molar-refractivity contribution in [1.82, 2.24) is 0 Å². The first-order valence-electron chi connectivity index (χ1n) is 4.83. The van der Waals surface area contributed by atoms with E-state index >= 15 is 0 Å². The zero-order valence-electron chi connectivity index (χ0n) is 7.39. The van der Waals surface area contributed by atoms with Gasteiger partial charge in [0.15, 0.2) is 0 Å². The van der Waals surface area contributed by atoms with Gasteiger partial charge in [-0.2, -0.15) is 0 Å². The topological polar surface area (TPSA) is 39.2 Å². The quantitative estimate of drug-likeness (QED) is 0.662. The molecule has 2 heteroatoms. The van der Waals surface area contributed by atoms with Gasteiger partial charge in [0, 0.05) is 12.0 Å². The van der Waals surface area contributed by atoms with Crippen molar-refractivity contribution >= 4 is 0 Å². The van der Waals surface area contributed by atoms with Gasteiger partial charge in [-0.1, -0.05) is 12.2 Å². The lowest BCUT2D eigenvalue weighted by molar-refractivity contribution is 0.399. The highest BCUT2D eigenvalue weighted by molar-refractivity contribution is 5.25. The van der Waals surface area contributed by atoms with Crippen LogP contribution in [-0.4, -0.2) is 6.04 Å². The van der Waals surface area contributed by atoms with Crippen LogP contribution < -0.4 is 5.73 Å². The monoisotopic (exact) mass is 175 g/mol. The van der Waals surface area contributed by atoms with Crippen LogP contribution in [0.5, 0.6) is 0 Å². The molecular formula is C11H13NO. The summed E-state index contributed by atoms with van der Waals surface area (Å²) in [4.78, 5) is 0. The average molecular weight is 175 g/mol. The smallest absolute Gasteiger partial charge is 0.109 e. The minimum atomic E-state index is 0.265. The summed E-state index contributed by atoms with van der Waals surface area (Å²) in [5.41, 5.74) is 6.14. The normalized spacial score (nSPS) is 41.6. The van der Waals surface area contributed by atoms with Crippen LogP contribution in [-0.2, 0) is 0 Å². The predicted octanol–water partition coefficient (Wildman–Crippen LogP) is 1.90. The van der Waals surface area contributed by atoms with E-state index in [1.807, 2.05) is 12.1 Å². The fourth-order valence-electron chi connectivity index (χ4n) is 2.74. The maximum absolute atomic E-state index is 6.14. The van der Waals surface area contributed by atoms with Gasteiger partial charge in [-0.3, -0.25) is 0 Å². The van der Waals surface area contributed by atoms with E-state index in [2.05, 4.69) is 12.2 Å². The molecule has 0 amide bonds. The van der Waals surface area contributed by atoms with Gasteiger partial charge in [-0.25, -0.2) is 0 Å². The van der Waals surface area contributed by atoms with E-state index in [0.29, 0.717) is 17.8 Å². The molecule has 1 aromatic heterocycles. The summed E-state index contributed by atoms with van der Waals surface area (Å²) in [6.45, 7) is 0. The highest BCUT2D eigenvalue weighted by Crippen LogP contribution is 2.47. The molecule has 0 aromatic carbocycles. The lowest BCUT2D eigenvalue weighted by atomic mass is 9.87. The molecule has 3 rings (SSSR count). The molecule has 1 heterocycles. The van der Waals surface area contributed by atoms with Crippen LogP contribution in [0.1, 0.15) is 18.1 Å². The highest BCUT2D eigenvalue weighted by atomic mass is 16.3. The minimum Gasteiger partial charge on any atom is -0.469 e. The Bertz CT molecular complexity index is 328. The Kier molecular flexibility index (Phi) is 1.41. The Balaban J connectivity index is 1.98. The molecule has 13 heavy (non-hydrogen) atoms. The maximum atomic E-state index is 6.14. The summed E-state index contributed by atoms with van der Waals surface area (Å²) >= 11 is 0. The van der Waals surface area contributed by atoms with Gasteiger partial charge in [0.1, 0.15) is 5.76 Å².